The van der Waals surface area contributed by atoms with E-state index in [0.29, 0.717) is 17.7 Å². The first-order valence-corrected chi connectivity index (χ1v) is 8.81. The lowest BCUT2D eigenvalue weighted by molar-refractivity contribution is 0.0613. The topological polar surface area (TPSA) is 20.3 Å². The van der Waals surface area contributed by atoms with Gasteiger partial charge in [-0.05, 0) is 63.2 Å². The van der Waals surface area contributed by atoms with E-state index >= 15 is 0 Å². The molecule has 20 heavy (non-hydrogen) atoms. The van der Waals surface area contributed by atoms with Crippen LogP contribution in [0.25, 0.3) is 0 Å². The smallest absolute Gasteiger partial charge is 0.186 e. The van der Waals surface area contributed by atoms with Crippen molar-refractivity contribution in [1.29, 1.82) is 0 Å². The Morgan fingerprint density at radius 3 is 2.45 bits per heavy atom. The molecule has 0 aromatic carbocycles. The van der Waals surface area contributed by atoms with E-state index in [1.165, 1.54) is 49.8 Å². The number of aryl methyl sites for hydroxylation is 1. The number of rotatable bonds is 3. The fourth-order valence-corrected chi connectivity index (χ4v) is 4.65. The number of ketones is 1. The van der Waals surface area contributed by atoms with Crippen molar-refractivity contribution in [1.82, 2.24) is 4.90 Å². The summed E-state index contributed by atoms with van der Waals surface area (Å²) in [4.78, 5) is 16.8. The van der Waals surface area contributed by atoms with Gasteiger partial charge in [0.1, 0.15) is 0 Å². The van der Waals surface area contributed by atoms with E-state index < -0.39 is 0 Å². The molecular formula is C17H25NOS. The average molecular weight is 291 g/mol. The van der Waals surface area contributed by atoms with Crippen LogP contribution in [0, 0.1) is 12.3 Å². The largest absolute Gasteiger partial charge is 0.296 e. The first-order chi connectivity index (χ1) is 9.67. The molecule has 1 spiro atoms. The third kappa shape index (κ3) is 3.15. The van der Waals surface area contributed by atoms with Crippen molar-refractivity contribution in [2.24, 2.45) is 5.41 Å². The van der Waals surface area contributed by atoms with Crippen molar-refractivity contribution in [2.45, 2.75) is 51.9 Å². The Kier molecular flexibility index (Phi) is 4.27. The van der Waals surface area contributed by atoms with Gasteiger partial charge in [0.05, 0.1) is 11.4 Å². The predicted molar refractivity (Wildman–Crippen MR) is 84.6 cm³/mol. The number of hydrogen-bond acceptors (Lipinski definition) is 3. The molecule has 1 aromatic rings. The summed E-state index contributed by atoms with van der Waals surface area (Å²) in [5, 5.41) is 0. The summed E-state index contributed by atoms with van der Waals surface area (Å²) in [5.74, 6) is 0.308. The van der Waals surface area contributed by atoms with Gasteiger partial charge in [-0.3, -0.25) is 9.69 Å². The maximum atomic E-state index is 12.3. The fourth-order valence-electron chi connectivity index (χ4n) is 3.85. The summed E-state index contributed by atoms with van der Waals surface area (Å²) >= 11 is 1.63. The van der Waals surface area contributed by atoms with Crippen LogP contribution in [0.5, 0.6) is 0 Å². The third-order valence-electron chi connectivity index (χ3n) is 5.21. The monoisotopic (exact) mass is 291 g/mol. The fraction of sp³-hybridized carbons (Fsp3) is 0.706. The molecule has 1 saturated carbocycles. The highest BCUT2D eigenvalue weighted by molar-refractivity contribution is 7.14. The third-order valence-corrected chi connectivity index (χ3v) is 6.26. The molecule has 1 aromatic heterocycles. The van der Waals surface area contributed by atoms with Crippen LogP contribution in [0.4, 0.5) is 0 Å². The summed E-state index contributed by atoms with van der Waals surface area (Å²) in [7, 11) is 0. The second kappa shape index (κ2) is 5.98. The van der Waals surface area contributed by atoms with Crippen molar-refractivity contribution < 1.29 is 4.79 Å². The summed E-state index contributed by atoms with van der Waals surface area (Å²) in [5.41, 5.74) is 0.636. The average Bonchev–Trinajstić information content (AvgIpc) is 2.89. The van der Waals surface area contributed by atoms with Gasteiger partial charge < -0.3 is 0 Å². The van der Waals surface area contributed by atoms with Gasteiger partial charge in [-0.25, -0.2) is 0 Å². The first-order valence-electron chi connectivity index (χ1n) is 7.99. The normalized spacial score (nSPS) is 23.1. The van der Waals surface area contributed by atoms with Crippen molar-refractivity contribution in [3.63, 3.8) is 0 Å². The van der Waals surface area contributed by atoms with Crippen molar-refractivity contribution in [2.75, 3.05) is 19.6 Å². The van der Waals surface area contributed by atoms with Crippen LogP contribution in [-0.4, -0.2) is 30.3 Å². The molecule has 0 radical (unpaired) electrons. The number of carbonyl (C=O) groups is 1. The lowest BCUT2D eigenvalue weighted by Gasteiger charge is -2.44. The molecule has 1 saturated heterocycles. The Morgan fingerprint density at radius 1 is 1.15 bits per heavy atom. The van der Waals surface area contributed by atoms with Gasteiger partial charge in [-0.1, -0.05) is 19.3 Å². The highest BCUT2D eigenvalue weighted by Gasteiger charge is 2.35. The van der Waals surface area contributed by atoms with Gasteiger partial charge in [0, 0.05) is 4.88 Å². The zero-order chi connectivity index (χ0) is 14.0. The Morgan fingerprint density at radius 2 is 1.85 bits per heavy atom. The van der Waals surface area contributed by atoms with E-state index in [0.717, 1.165) is 18.0 Å². The van der Waals surface area contributed by atoms with Gasteiger partial charge in [0.25, 0.3) is 0 Å². The highest BCUT2D eigenvalue weighted by Crippen LogP contribution is 2.44. The minimum absolute atomic E-state index is 0.308. The summed E-state index contributed by atoms with van der Waals surface area (Å²) in [6.45, 7) is 4.93. The summed E-state index contributed by atoms with van der Waals surface area (Å²) in [6.07, 6.45) is 9.76. The summed E-state index contributed by atoms with van der Waals surface area (Å²) < 4.78 is 0. The molecule has 0 N–H and O–H groups in total. The molecule has 2 aliphatic rings. The number of likely N-dealkylation sites (tertiary alicyclic amines) is 1. The molecule has 0 amide bonds. The predicted octanol–water partition coefficient (Wildman–Crippen LogP) is 4.29. The molecule has 3 heteroatoms. The van der Waals surface area contributed by atoms with E-state index in [-0.39, 0.29) is 0 Å². The zero-order valence-corrected chi connectivity index (χ0v) is 13.3. The number of hydrogen-bond donors (Lipinski definition) is 0. The molecule has 1 aliphatic heterocycles. The molecule has 2 fully saturated rings. The molecule has 2 nitrogen and oxygen atoms in total. The van der Waals surface area contributed by atoms with Crippen molar-refractivity contribution >= 4 is 17.1 Å². The molecule has 2 heterocycles. The van der Waals surface area contributed by atoms with Crippen molar-refractivity contribution in [3.05, 3.63) is 21.9 Å². The van der Waals surface area contributed by atoms with E-state index in [9.17, 15) is 4.79 Å². The van der Waals surface area contributed by atoms with Gasteiger partial charge in [-0.2, -0.15) is 0 Å². The van der Waals surface area contributed by atoms with Crippen LogP contribution in [0.15, 0.2) is 12.1 Å². The second-order valence-electron chi connectivity index (χ2n) is 6.67. The van der Waals surface area contributed by atoms with Crippen LogP contribution < -0.4 is 0 Å². The Labute approximate surface area is 126 Å². The molecule has 0 bridgehead atoms. The van der Waals surface area contributed by atoms with E-state index in [1.54, 1.807) is 11.3 Å². The minimum Gasteiger partial charge on any atom is -0.296 e. The maximum Gasteiger partial charge on any atom is 0.186 e. The summed E-state index contributed by atoms with van der Waals surface area (Å²) in [6, 6.07) is 4.03. The first kappa shape index (κ1) is 14.3. The maximum absolute atomic E-state index is 12.3. The van der Waals surface area contributed by atoms with Gasteiger partial charge in [-0.15, -0.1) is 11.3 Å². The Hall–Kier alpha value is -0.670. The second-order valence-corrected chi connectivity index (χ2v) is 7.96. The lowest BCUT2D eigenvalue weighted by atomic mass is 9.68. The molecule has 1 aliphatic carbocycles. The minimum atomic E-state index is 0.308. The zero-order valence-electron chi connectivity index (χ0n) is 12.5. The van der Waals surface area contributed by atoms with Gasteiger partial charge >= 0.3 is 0 Å². The number of piperidine rings is 1. The SMILES string of the molecule is Cc1ccc(C(=O)CN2CCC3(CCCCC3)CC2)s1. The molecule has 3 rings (SSSR count). The van der Waals surface area contributed by atoms with Gasteiger partial charge in [0.15, 0.2) is 5.78 Å². The quantitative estimate of drug-likeness (QED) is 0.774. The van der Waals surface area contributed by atoms with Crippen LogP contribution in [-0.2, 0) is 0 Å². The van der Waals surface area contributed by atoms with E-state index in [4.69, 9.17) is 0 Å². The Bertz CT molecular complexity index is 463. The van der Waals surface area contributed by atoms with Crippen LogP contribution in [0.1, 0.15) is 59.5 Å². The standard InChI is InChI=1S/C17H25NOS/c1-14-5-6-16(20-14)15(19)13-18-11-9-17(10-12-18)7-3-2-4-8-17/h5-6H,2-4,7-13H2,1H3. The highest BCUT2D eigenvalue weighted by atomic mass is 32.1. The number of thiophene rings is 1. The van der Waals surface area contributed by atoms with Crippen LogP contribution in [0.3, 0.4) is 0 Å². The van der Waals surface area contributed by atoms with Gasteiger partial charge in [0.2, 0.25) is 0 Å². The Balaban J connectivity index is 1.52. The number of carbonyl (C=O) groups excluding carboxylic acids is 1. The molecule has 0 unspecified atom stereocenters. The van der Waals surface area contributed by atoms with Crippen molar-refractivity contribution in [3.8, 4) is 0 Å². The van der Waals surface area contributed by atoms with E-state index in [1.807, 2.05) is 12.1 Å². The lowest BCUT2D eigenvalue weighted by Crippen LogP contribution is -2.43. The van der Waals surface area contributed by atoms with Crippen LogP contribution in [0.2, 0.25) is 0 Å². The molecule has 110 valence electrons. The van der Waals surface area contributed by atoms with E-state index in [2.05, 4.69) is 11.8 Å². The molecule has 0 atom stereocenters. The number of Topliss-reactive ketones (excluding diaryl/α,β-unsaturated/α-hetero) is 1. The molecular weight excluding hydrogens is 266 g/mol. The number of nitrogens with zero attached hydrogens (tertiary/aromatic N) is 1. The van der Waals surface area contributed by atoms with Crippen LogP contribution >= 0.6 is 11.3 Å².